The zero-order valence-corrected chi connectivity index (χ0v) is 14.8. The smallest absolute Gasteiger partial charge is 0.341 e. The Balaban J connectivity index is 1.79. The molecule has 0 atom stereocenters. The zero-order chi connectivity index (χ0) is 18.5. The Morgan fingerprint density at radius 1 is 1.12 bits per heavy atom. The molecule has 0 aliphatic carbocycles. The van der Waals surface area contributed by atoms with E-state index in [0.717, 1.165) is 4.70 Å². The van der Waals surface area contributed by atoms with E-state index < -0.39 is 17.7 Å². The highest BCUT2D eigenvalue weighted by atomic mass is 32.1. The lowest BCUT2D eigenvalue weighted by atomic mass is 10.1. The number of esters is 1. The van der Waals surface area contributed by atoms with Gasteiger partial charge in [0.15, 0.2) is 18.2 Å². The van der Waals surface area contributed by atoms with Gasteiger partial charge in [0.05, 0.1) is 6.61 Å². The fraction of sp³-hybridized carbons (Fsp3) is 0.158. The van der Waals surface area contributed by atoms with Crippen LogP contribution >= 0.6 is 11.3 Å². The number of ether oxygens (including phenoxy) is 2. The molecular formula is C19H16FNO4S. The number of fused-ring (bicyclic) bond motifs is 1. The van der Waals surface area contributed by atoms with E-state index >= 15 is 0 Å². The molecule has 3 aromatic rings. The molecule has 134 valence electrons. The molecule has 1 heterocycles. The molecule has 1 N–H and O–H groups in total. The Morgan fingerprint density at radius 3 is 2.62 bits per heavy atom. The topological polar surface area (TPSA) is 64.6 Å². The number of anilines is 1. The molecule has 7 heteroatoms. The second kappa shape index (κ2) is 7.97. The molecule has 5 nitrogen and oxygen atoms in total. The van der Waals surface area contributed by atoms with Gasteiger partial charge in [0, 0.05) is 10.1 Å². The molecular weight excluding hydrogens is 357 g/mol. The Kier molecular flexibility index (Phi) is 5.48. The average Bonchev–Trinajstić information content (AvgIpc) is 2.99. The van der Waals surface area contributed by atoms with Crippen LogP contribution in [0.15, 0.2) is 48.5 Å². The van der Waals surface area contributed by atoms with Gasteiger partial charge in [-0.3, -0.25) is 4.79 Å². The Hall–Kier alpha value is -2.93. The van der Waals surface area contributed by atoms with Gasteiger partial charge in [0.25, 0.3) is 5.91 Å². The summed E-state index contributed by atoms with van der Waals surface area (Å²) in [5.41, 5.74) is 0.312. The molecule has 0 unspecified atom stereocenters. The minimum Gasteiger partial charge on any atom is -0.481 e. The van der Waals surface area contributed by atoms with Crippen LogP contribution in [0.3, 0.4) is 0 Å². The average molecular weight is 373 g/mol. The van der Waals surface area contributed by atoms with E-state index in [1.165, 1.54) is 29.5 Å². The first-order valence-electron chi connectivity index (χ1n) is 7.96. The van der Waals surface area contributed by atoms with Crippen molar-refractivity contribution in [2.75, 3.05) is 18.5 Å². The number of amides is 1. The van der Waals surface area contributed by atoms with Crippen molar-refractivity contribution in [1.82, 2.24) is 0 Å². The second-order valence-electron chi connectivity index (χ2n) is 5.29. The van der Waals surface area contributed by atoms with Crippen molar-refractivity contribution >= 4 is 38.3 Å². The van der Waals surface area contributed by atoms with Crippen molar-refractivity contribution < 1.29 is 23.5 Å². The number of hydrogen-bond donors (Lipinski definition) is 1. The van der Waals surface area contributed by atoms with Crippen LogP contribution in [0, 0.1) is 5.82 Å². The number of para-hydroxylation sites is 1. The van der Waals surface area contributed by atoms with Crippen molar-refractivity contribution in [2.24, 2.45) is 0 Å². The molecule has 0 radical (unpaired) electrons. The molecule has 1 aromatic heterocycles. The molecule has 0 aliphatic heterocycles. The van der Waals surface area contributed by atoms with E-state index in [-0.39, 0.29) is 19.0 Å². The lowest BCUT2D eigenvalue weighted by molar-refractivity contribution is -0.118. The molecule has 3 rings (SSSR count). The summed E-state index contributed by atoms with van der Waals surface area (Å²) in [5.74, 6) is -1.56. The van der Waals surface area contributed by atoms with Gasteiger partial charge in [-0.15, -0.1) is 11.3 Å². The Labute approximate surface area is 153 Å². The SMILES string of the molecule is CCOC(=O)c1c(NC(=O)COc2ccccc2F)sc2ccccc12. The highest BCUT2D eigenvalue weighted by molar-refractivity contribution is 7.23. The summed E-state index contributed by atoms with van der Waals surface area (Å²) in [6, 6.07) is 13.1. The summed E-state index contributed by atoms with van der Waals surface area (Å²) >= 11 is 1.27. The fourth-order valence-electron chi connectivity index (χ4n) is 2.41. The first-order chi connectivity index (χ1) is 12.6. The maximum absolute atomic E-state index is 13.5. The predicted octanol–water partition coefficient (Wildman–Crippen LogP) is 4.23. The van der Waals surface area contributed by atoms with Gasteiger partial charge in [-0.25, -0.2) is 9.18 Å². The number of hydrogen-bond acceptors (Lipinski definition) is 5. The first kappa shape index (κ1) is 17.9. The fourth-order valence-corrected chi connectivity index (χ4v) is 3.51. The van der Waals surface area contributed by atoms with Crippen molar-refractivity contribution in [2.45, 2.75) is 6.92 Å². The van der Waals surface area contributed by atoms with Crippen LogP contribution in [0.5, 0.6) is 5.75 Å². The highest BCUT2D eigenvalue weighted by Crippen LogP contribution is 2.36. The molecule has 0 fully saturated rings. The van der Waals surface area contributed by atoms with Crippen LogP contribution in [0.2, 0.25) is 0 Å². The minimum absolute atomic E-state index is 0.00962. The summed E-state index contributed by atoms with van der Waals surface area (Å²) in [6.45, 7) is 1.57. The summed E-state index contributed by atoms with van der Waals surface area (Å²) in [6.07, 6.45) is 0. The van der Waals surface area contributed by atoms with Gasteiger partial charge in [-0.2, -0.15) is 0 Å². The van der Waals surface area contributed by atoms with Crippen molar-refractivity contribution in [1.29, 1.82) is 0 Å². The Bertz CT molecular complexity index is 954. The third-order valence-electron chi connectivity index (χ3n) is 3.52. The van der Waals surface area contributed by atoms with E-state index in [0.29, 0.717) is 16.0 Å². The van der Waals surface area contributed by atoms with Crippen LogP contribution < -0.4 is 10.1 Å². The monoisotopic (exact) mass is 373 g/mol. The third kappa shape index (κ3) is 3.83. The van der Waals surface area contributed by atoms with Gasteiger partial charge in [-0.1, -0.05) is 30.3 Å². The molecule has 0 aliphatic rings. The molecule has 0 saturated carbocycles. The van der Waals surface area contributed by atoms with Crippen LogP contribution in [-0.2, 0) is 9.53 Å². The molecule has 1 amide bonds. The molecule has 0 spiro atoms. The maximum atomic E-state index is 13.5. The van der Waals surface area contributed by atoms with E-state index in [1.807, 2.05) is 18.2 Å². The largest absolute Gasteiger partial charge is 0.481 e. The maximum Gasteiger partial charge on any atom is 0.341 e. The first-order valence-corrected chi connectivity index (χ1v) is 8.77. The van der Waals surface area contributed by atoms with Crippen LogP contribution in [0.1, 0.15) is 17.3 Å². The zero-order valence-electron chi connectivity index (χ0n) is 14.0. The normalized spacial score (nSPS) is 10.5. The van der Waals surface area contributed by atoms with Gasteiger partial charge in [0.1, 0.15) is 10.6 Å². The van der Waals surface area contributed by atoms with Crippen LogP contribution in [-0.4, -0.2) is 25.1 Å². The number of rotatable bonds is 6. The van der Waals surface area contributed by atoms with Gasteiger partial charge < -0.3 is 14.8 Å². The lowest BCUT2D eigenvalue weighted by Gasteiger charge is -2.08. The molecule has 0 bridgehead atoms. The van der Waals surface area contributed by atoms with E-state index in [9.17, 15) is 14.0 Å². The van der Waals surface area contributed by atoms with Gasteiger partial charge >= 0.3 is 5.97 Å². The van der Waals surface area contributed by atoms with E-state index in [2.05, 4.69) is 5.32 Å². The predicted molar refractivity (Wildman–Crippen MR) is 98.3 cm³/mol. The van der Waals surface area contributed by atoms with Crippen molar-refractivity contribution in [3.63, 3.8) is 0 Å². The minimum atomic E-state index is -0.547. The summed E-state index contributed by atoms with van der Waals surface area (Å²) in [4.78, 5) is 24.5. The quantitative estimate of drug-likeness (QED) is 0.657. The number of benzene rings is 2. The van der Waals surface area contributed by atoms with Gasteiger partial charge in [0.2, 0.25) is 0 Å². The van der Waals surface area contributed by atoms with Crippen LogP contribution in [0.25, 0.3) is 10.1 Å². The lowest BCUT2D eigenvalue weighted by Crippen LogP contribution is -2.21. The van der Waals surface area contributed by atoms with Crippen molar-refractivity contribution in [3.05, 3.63) is 59.9 Å². The third-order valence-corrected chi connectivity index (χ3v) is 4.61. The number of thiophene rings is 1. The number of halogens is 1. The number of nitrogens with one attached hydrogen (secondary N) is 1. The Morgan fingerprint density at radius 2 is 1.85 bits per heavy atom. The van der Waals surface area contributed by atoms with E-state index in [4.69, 9.17) is 9.47 Å². The standard InChI is InChI=1S/C19H16FNO4S/c1-2-24-19(23)17-12-7-3-6-10-15(12)26-18(17)21-16(22)11-25-14-9-5-4-8-13(14)20/h3-10H,2,11H2,1H3,(H,21,22). The summed E-state index contributed by atoms with van der Waals surface area (Å²) < 4.78 is 24.7. The number of carbonyl (C=O) groups is 2. The molecule has 26 heavy (non-hydrogen) atoms. The summed E-state index contributed by atoms with van der Waals surface area (Å²) in [7, 11) is 0. The summed E-state index contributed by atoms with van der Waals surface area (Å²) in [5, 5.41) is 3.75. The highest BCUT2D eigenvalue weighted by Gasteiger charge is 2.21. The molecule has 0 saturated heterocycles. The van der Waals surface area contributed by atoms with E-state index in [1.54, 1.807) is 19.1 Å². The number of carbonyl (C=O) groups excluding carboxylic acids is 2. The van der Waals surface area contributed by atoms with Crippen molar-refractivity contribution in [3.8, 4) is 5.75 Å². The van der Waals surface area contributed by atoms with Crippen LogP contribution in [0.4, 0.5) is 9.39 Å². The van der Waals surface area contributed by atoms with Gasteiger partial charge in [-0.05, 0) is 25.1 Å². The second-order valence-corrected chi connectivity index (χ2v) is 6.34. The molecule has 2 aromatic carbocycles.